The summed E-state index contributed by atoms with van der Waals surface area (Å²) < 4.78 is 31.8. The second-order valence-corrected chi connectivity index (χ2v) is 5.88. The number of aryl methyl sites for hydroxylation is 1. The average molecular weight is 322 g/mol. The molecular formula is C16H20F2N4O. The van der Waals surface area contributed by atoms with Crippen molar-refractivity contribution >= 4 is 0 Å². The van der Waals surface area contributed by atoms with Crippen LogP contribution in [0.2, 0.25) is 0 Å². The minimum Gasteiger partial charge on any atom is -0.380 e. The fourth-order valence-electron chi connectivity index (χ4n) is 3.02. The Bertz CT molecular complexity index is 676. The van der Waals surface area contributed by atoms with Crippen molar-refractivity contribution in [3.05, 3.63) is 47.0 Å². The van der Waals surface area contributed by atoms with Gasteiger partial charge in [-0.05, 0) is 37.5 Å². The summed E-state index contributed by atoms with van der Waals surface area (Å²) in [5.74, 6) is -0.0861. The molecule has 0 spiro atoms. The van der Waals surface area contributed by atoms with Gasteiger partial charge in [-0.15, -0.1) is 0 Å². The molecule has 1 aromatic carbocycles. The smallest absolute Gasteiger partial charge is 0.167 e. The number of rotatable bonds is 5. The molecule has 0 bridgehead atoms. The van der Waals surface area contributed by atoms with E-state index in [1.165, 1.54) is 12.1 Å². The zero-order valence-corrected chi connectivity index (χ0v) is 13.2. The fourth-order valence-corrected chi connectivity index (χ4v) is 3.02. The van der Waals surface area contributed by atoms with Gasteiger partial charge in [-0.3, -0.25) is 10.00 Å². The van der Waals surface area contributed by atoms with Crippen molar-refractivity contribution in [3.63, 3.8) is 0 Å². The molecule has 1 N–H and O–H groups in total. The zero-order valence-electron chi connectivity index (χ0n) is 13.2. The number of hydrogen-bond donors (Lipinski definition) is 1. The van der Waals surface area contributed by atoms with Crippen molar-refractivity contribution in [2.75, 3.05) is 20.2 Å². The predicted molar refractivity (Wildman–Crippen MR) is 80.9 cm³/mol. The highest BCUT2D eigenvalue weighted by Gasteiger charge is 2.35. The minimum absolute atomic E-state index is 0.0789. The van der Waals surface area contributed by atoms with Crippen molar-refractivity contribution in [2.24, 2.45) is 0 Å². The van der Waals surface area contributed by atoms with E-state index in [1.54, 1.807) is 13.2 Å². The maximum atomic E-state index is 13.3. The molecule has 0 unspecified atom stereocenters. The number of methoxy groups -OCH3 is 1. The van der Waals surface area contributed by atoms with E-state index in [1.807, 2.05) is 6.92 Å². The molecule has 2 atom stereocenters. The Balaban J connectivity index is 1.70. The number of aromatic amines is 1. The molecule has 0 saturated carbocycles. The highest BCUT2D eigenvalue weighted by molar-refractivity contribution is 5.18. The number of aromatic nitrogens is 3. The first-order valence-electron chi connectivity index (χ1n) is 7.66. The summed E-state index contributed by atoms with van der Waals surface area (Å²) in [6, 6.07) is 4.12. The Morgan fingerprint density at radius 1 is 1.35 bits per heavy atom. The molecule has 5 nitrogen and oxygen atoms in total. The van der Waals surface area contributed by atoms with Crippen molar-refractivity contribution in [1.82, 2.24) is 20.1 Å². The summed E-state index contributed by atoms with van der Waals surface area (Å²) >= 11 is 0. The van der Waals surface area contributed by atoms with E-state index in [0.717, 1.165) is 30.2 Å². The second-order valence-electron chi connectivity index (χ2n) is 5.88. The third kappa shape index (κ3) is 3.56. The van der Waals surface area contributed by atoms with E-state index < -0.39 is 11.6 Å². The highest BCUT2D eigenvalue weighted by atomic mass is 19.2. The number of halogens is 2. The van der Waals surface area contributed by atoms with Crippen LogP contribution in [0.3, 0.4) is 0 Å². The molecular weight excluding hydrogens is 302 g/mol. The van der Waals surface area contributed by atoms with E-state index in [2.05, 4.69) is 20.1 Å². The Labute approximate surface area is 133 Å². The summed E-state index contributed by atoms with van der Waals surface area (Å²) in [5.41, 5.74) is 0.773. The Morgan fingerprint density at radius 3 is 2.83 bits per heavy atom. The van der Waals surface area contributed by atoms with E-state index >= 15 is 0 Å². The molecule has 1 aliphatic rings. The summed E-state index contributed by atoms with van der Waals surface area (Å²) in [6.07, 6.45) is 1.59. The first-order chi connectivity index (χ1) is 11.1. The lowest BCUT2D eigenvalue weighted by Gasteiger charge is -2.21. The maximum Gasteiger partial charge on any atom is 0.167 e. The Morgan fingerprint density at radius 2 is 2.17 bits per heavy atom. The minimum atomic E-state index is -0.816. The molecule has 1 aliphatic heterocycles. The summed E-state index contributed by atoms with van der Waals surface area (Å²) in [5, 5.41) is 7.12. The van der Waals surface area contributed by atoms with Gasteiger partial charge < -0.3 is 4.74 Å². The molecule has 0 amide bonds. The summed E-state index contributed by atoms with van der Waals surface area (Å²) in [6.45, 7) is 3.35. The van der Waals surface area contributed by atoms with Gasteiger partial charge in [-0.1, -0.05) is 6.07 Å². The third-order valence-electron chi connectivity index (χ3n) is 4.28. The van der Waals surface area contributed by atoms with E-state index in [9.17, 15) is 8.78 Å². The number of nitrogens with one attached hydrogen (secondary N) is 1. The molecule has 124 valence electrons. The van der Waals surface area contributed by atoms with Gasteiger partial charge in [-0.2, -0.15) is 5.10 Å². The van der Waals surface area contributed by atoms with Crippen molar-refractivity contribution in [2.45, 2.75) is 31.9 Å². The van der Waals surface area contributed by atoms with Gasteiger partial charge in [0.15, 0.2) is 17.5 Å². The predicted octanol–water partition coefficient (Wildman–Crippen LogP) is 2.40. The topological polar surface area (TPSA) is 54.0 Å². The lowest BCUT2D eigenvalue weighted by atomic mass is 10.1. The molecule has 2 heterocycles. The summed E-state index contributed by atoms with van der Waals surface area (Å²) in [4.78, 5) is 6.65. The first kappa shape index (κ1) is 16.0. The molecule has 0 aliphatic carbocycles. The van der Waals surface area contributed by atoms with Gasteiger partial charge in [0.2, 0.25) is 0 Å². The highest BCUT2D eigenvalue weighted by Crippen LogP contribution is 2.31. The van der Waals surface area contributed by atoms with Crippen molar-refractivity contribution in [1.29, 1.82) is 0 Å². The van der Waals surface area contributed by atoms with Crippen LogP contribution in [0.15, 0.2) is 18.2 Å². The van der Waals surface area contributed by atoms with Gasteiger partial charge in [0, 0.05) is 20.2 Å². The van der Waals surface area contributed by atoms with Crippen LogP contribution in [0.1, 0.15) is 29.7 Å². The van der Waals surface area contributed by atoms with E-state index in [0.29, 0.717) is 13.0 Å². The third-order valence-corrected chi connectivity index (χ3v) is 4.28. The van der Waals surface area contributed by atoms with Crippen LogP contribution in [-0.4, -0.2) is 46.4 Å². The Hall–Kier alpha value is -1.86. The van der Waals surface area contributed by atoms with Crippen LogP contribution in [0.5, 0.6) is 0 Å². The van der Waals surface area contributed by atoms with Crippen LogP contribution in [-0.2, 0) is 11.2 Å². The van der Waals surface area contributed by atoms with E-state index in [4.69, 9.17) is 4.74 Å². The average Bonchev–Trinajstić information content (AvgIpc) is 3.14. The number of likely N-dealkylation sites (tertiary alicyclic amines) is 1. The number of benzene rings is 1. The molecule has 1 fully saturated rings. The Kier molecular flexibility index (Phi) is 4.68. The van der Waals surface area contributed by atoms with Crippen LogP contribution >= 0.6 is 0 Å². The monoisotopic (exact) mass is 322 g/mol. The van der Waals surface area contributed by atoms with Crippen LogP contribution in [0, 0.1) is 18.6 Å². The summed E-state index contributed by atoms with van der Waals surface area (Å²) in [7, 11) is 1.70. The molecule has 7 heteroatoms. The van der Waals surface area contributed by atoms with Gasteiger partial charge in [-0.25, -0.2) is 13.8 Å². The lowest BCUT2D eigenvalue weighted by Crippen LogP contribution is -2.28. The van der Waals surface area contributed by atoms with Crippen molar-refractivity contribution in [3.8, 4) is 0 Å². The zero-order chi connectivity index (χ0) is 16.4. The lowest BCUT2D eigenvalue weighted by molar-refractivity contribution is 0.108. The SMILES string of the molecule is CO[C@@H]1C[C@@H](c2n[nH]c(C)n2)N(CCc2ccc(F)c(F)c2)C1. The van der Waals surface area contributed by atoms with E-state index in [-0.39, 0.29) is 12.1 Å². The number of H-pyrrole nitrogens is 1. The number of hydrogen-bond acceptors (Lipinski definition) is 4. The fraction of sp³-hybridized carbons (Fsp3) is 0.500. The van der Waals surface area contributed by atoms with Crippen molar-refractivity contribution < 1.29 is 13.5 Å². The van der Waals surface area contributed by atoms with Crippen LogP contribution in [0.4, 0.5) is 8.78 Å². The molecule has 23 heavy (non-hydrogen) atoms. The largest absolute Gasteiger partial charge is 0.380 e. The normalized spacial score (nSPS) is 21.9. The number of nitrogens with zero attached hydrogens (tertiary/aromatic N) is 3. The maximum absolute atomic E-state index is 13.3. The van der Waals surface area contributed by atoms with Gasteiger partial charge >= 0.3 is 0 Å². The quantitative estimate of drug-likeness (QED) is 0.918. The molecule has 0 radical (unpaired) electrons. The second kappa shape index (κ2) is 6.72. The molecule has 2 aromatic rings. The molecule has 1 aromatic heterocycles. The van der Waals surface area contributed by atoms with Crippen LogP contribution in [0.25, 0.3) is 0 Å². The van der Waals surface area contributed by atoms with Gasteiger partial charge in [0.05, 0.1) is 12.1 Å². The van der Waals surface area contributed by atoms with Gasteiger partial charge in [0.25, 0.3) is 0 Å². The first-order valence-corrected chi connectivity index (χ1v) is 7.66. The van der Waals surface area contributed by atoms with Gasteiger partial charge in [0.1, 0.15) is 5.82 Å². The molecule has 3 rings (SSSR count). The number of ether oxygens (including phenoxy) is 1. The molecule has 1 saturated heterocycles. The van der Waals surface area contributed by atoms with Crippen LogP contribution < -0.4 is 0 Å². The standard InChI is InChI=1S/C16H20F2N4O/c1-10-19-16(21-20-10)15-8-12(23-2)9-22(15)6-5-11-3-4-13(17)14(18)7-11/h3-4,7,12,15H,5-6,8-9H2,1-2H3,(H,19,20,21)/t12-,15+/m1/s1.